The lowest BCUT2D eigenvalue weighted by atomic mass is 10.0. The molecule has 1 heterocycles. The Morgan fingerprint density at radius 1 is 0.840 bits per heavy atom. The highest BCUT2D eigenvalue weighted by atomic mass is 15.2. The van der Waals surface area contributed by atoms with Crippen molar-refractivity contribution in [3.8, 4) is 0 Å². The van der Waals surface area contributed by atoms with E-state index in [1.54, 1.807) is 0 Å². The summed E-state index contributed by atoms with van der Waals surface area (Å²) in [6.45, 7) is 3.89. The molecule has 0 saturated heterocycles. The predicted molar refractivity (Wildman–Crippen MR) is 102 cm³/mol. The standard InChI is InChI=1S/C21H22N4/c1-3-25(2)16-19-14-15-20(24-23-19)22-21(17-10-6-4-7-11-17)18-12-8-5-9-13-18/h4-15H,3,16H2,1-2H3. The molecule has 126 valence electrons. The molecule has 0 amide bonds. The Morgan fingerprint density at radius 2 is 1.44 bits per heavy atom. The summed E-state index contributed by atoms with van der Waals surface area (Å²) in [6.07, 6.45) is 0. The molecule has 0 spiro atoms. The van der Waals surface area contributed by atoms with Gasteiger partial charge in [-0.05, 0) is 25.7 Å². The summed E-state index contributed by atoms with van der Waals surface area (Å²) in [5.41, 5.74) is 3.97. The van der Waals surface area contributed by atoms with Crippen LogP contribution in [0.1, 0.15) is 23.7 Å². The highest BCUT2D eigenvalue weighted by Crippen LogP contribution is 2.16. The molecule has 0 N–H and O–H groups in total. The topological polar surface area (TPSA) is 41.4 Å². The van der Waals surface area contributed by atoms with Crippen LogP contribution in [0.25, 0.3) is 0 Å². The molecule has 25 heavy (non-hydrogen) atoms. The van der Waals surface area contributed by atoms with Crippen LogP contribution >= 0.6 is 0 Å². The van der Waals surface area contributed by atoms with Crippen molar-refractivity contribution in [2.24, 2.45) is 4.99 Å². The molecule has 0 saturated carbocycles. The largest absolute Gasteiger partial charge is 0.301 e. The van der Waals surface area contributed by atoms with Crippen LogP contribution in [0, 0.1) is 0 Å². The highest BCUT2D eigenvalue weighted by Gasteiger charge is 2.08. The molecule has 4 nitrogen and oxygen atoms in total. The summed E-state index contributed by atoms with van der Waals surface area (Å²) < 4.78 is 0. The van der Waals surface area contributed by atoms with Crippen LogP contribution in [0.15, 0.2) is 77.8 Å². The second-order valence-corrected chi connectivity index (χ2v) is 5.91. The molecule has 0 atom stereocenters. The zero-order chi connectivity index (χ0) is 17.5. The smallest absolute Gasteiger partial charge is 0.175 e. The van der Waals surface area contributed by atoms with E-state index in [1.165, 1.54) is 0 Å². The first-order valence-corrected chi connectivity index (χ1v) is 8.47. The van der Waals surface area contributed by atoms with E-state index < -0.39 is 0 Å². The van der Waals surface area contributed by atoms with Crippen molar-refractivity contribution in [3.63, 3.8) is 0 Å². The Bertz CT molecular complexity index is 770. The third kappa shape index (κ3) is 4.58. The maximum atomic E-state index is 4.77. The third-order valence-electron chi connectivity index (χ3n) is 4.00. The van der Waals surface area contributed by atoms with E-state index in [4.69, 9.17) is 4.99 Å². The molecule has 2 aromatic carbocycles. The molecule has 0 fully saturated rings. The fourth-order valence-corrected chi connectivity index (χ4v) is 2.49. The molecule has 3 rings (SSSR count). The normalized spacial score (nSPS) is 10.7. The van der Waals surface area contributed by atoms with Crippen LogP contribution in [-0.2, 0) is 6.54 Å². The van der Waals surface area contributed by atoms with Crippen molar-refractivity contribution in [3.05, 3.63) is 89.6 Å². The summed E-state index contributed by atoms with van der Waals surface area (Å²) >= 11 is 0. The van der Waals surface area contributed by atoms with E-state index in [0.29, 0.717) is 5.82 Å². The van der Waals surface area contributed by atoms with Crippen molar-refractivity contribution >= 4 is 11.5 Å². The Labute approximate surface area is 148 Å². The molecule has 0 aliphatic rings. The molecule has 0 aliphatic carbocycles. The van der Waals surface area contributed by atoms with Gasteiger partial charge in [0.1, 0.15) is 0 Å². The van der Waals surface area contributed by atoms with Gasteiger partial charge in [0, 0.05) is 17.7 Å². The molecule has 0 aliphatic heterocycles. The van der Waals surface area contributed by atoms with Crippen molar-refractivity contribution in [1.82, 2.24) is 15.1 Å². The zero-order valence-corrected chi connectivity index (χ0v) is 14.6. The van der Waals surface area contributed by atoms with Gasteiger partial charge in [-0.15, -0.1) is 5.10 Å². The van der Waals surface area contributed by atoms with Gasteiger partial charge in [0.25, 0.3) is 0 Å². The average Bonchev–Trinajstić information content (AvgIpc) is 2.68. The Kier molecular flexibility index (Phi) is 5.65. The van der Waals surface area contributed by atoms with Crippen LogP contribution in [0.5, 0.6) is 0 Å². The molecular formula is C21H22N4. The van der Waals surface area contributed by atoms with Crippen LogP contribution < -0.4 is 0 Å². The highest BCUT2D eigenvalue weighted by molar-refractivity contribution is 6.13. The number of benzene rings is 2. The van der Waals surface area contributed by atoms with Crippen LogP contribution in [0.2, 0.25) is 0 Å². The van der Waals surface area contributed by atoms with Gasteiger partial charge >= 0.3 is 0 Å². The molecule has 3 aromatic rings. The molecule has 1 aromatic heterocycles. The summed E-state index contributed by atoms with van der Waals surface area (Å²) in [6, 6.07) is 24.2. The Morgan fingerprint density at radius 3 is 1.92 bits per heavy atom. The van der Waals surface area contributed by atoms with E-state index in [9.17, 15) is 0 Å². The number of aliphatic imine (C=N–C) groups is 1. The number of hydrogen-bond donors (Lipinski definition) is 0. The van der Waals surface area contributed by atoms with Crippen LogP contribution in [-0.4, -0.2) is 34.4 Å². The van der Waals surface area contributed by atoms with Gasteiger partial charge < -0.3 is 4.90 Å². The molecule has 0 radical (unpaired) electrons. The molecule has 0 unspecified atom stereocenters. The van der Waals surface area contributed by atoms with Gasteiger partial charge in [-0.3, -0.25) is 0 Å². The van der Waals surface area contributed by atoms with Crippen molar-refractivity contribution in [2.75, 3.05) is 13.6 Å². The maximum absolute atomic E-state index is 4.77. The first-order chi connectivity index (χ1) is 12.3. The number of rotatable bonds is 6. The maximum Gasteiger partial charge on any atom is 0.175 e. The van der Waals surface area contributed by atoms with Crippen LogP contribution in [0.4, 0.5) is 5.82 Å². The van der Waals surface area contributed by atoms with Gasteiger partial charge in [0.05, 0.1) is 11.4 Å². The quantitative estimate of drug-likeness (QED) is 0.639. The van der Waals surface area contributed by atoms with E-state index in [2.05, 4.69) is 53.3 Å². The van der Waals surface area contributed by atoms with Crippen molar-refractivity contribution in [2.45, 2.75) is 13.5 Å². The van der Waals surface area contributed by atoms with Gasteiger partial charge in [-0.1, -0.05) is 67.6 Å². The van der Waals surface area contributed by atoms with Crippen molar-refractivity contribution < 1.29 is 0 Å². The summed E-state index contributed by atoms with van der Waals surface area (Å²) in [5, 5.41) is 8.60. The lowest BCUT2D eigenvalue weighted by molar-refractivity contribution is 0.340. The number of hydrogen-bond acceptors (Lipinski definition) is 4. The minimum absolute atomic E-state index is 0.616. The lowest BCUT2D eigenvalue weighted by Crippen LogP contribution is -2.17. The molecule has 0 bridgehead atoms. The summed E-state index contributed by atoms with van der Waals surface area (Å²) in [5.74, 6) is 0.616. The van der Waals surface area contributed by atoms with Gasteiger partial charge in [0.15, 0.2) is 5.82 Å². The van der Waals surface area contributed by atoms with E-state index in [1.807, 2.05) is 48.5 Å². The summed E-state index contributed by atoms with van der Waals surface area (Å²) in [4.78, 5) is 6.96. The van der Waals surface area contributed by atoms with E-state index in [-0.39, 0.29) is 0 Å². The first kappa shape index (κ1) is 17.0. The SMILES string of the molecule is CCN(C)Cc1ccc(N=C(c2ccccc2)c2ccccc2)nn1. The zero-order valence-electron chi connectivity index (χ0n) is 14.6. The number of nitrogens with zero attached hydrogens (tertiary/aromatic N) is 4. The van der Waals surface area contributed by atoms with Crippen molar-refractivity contribution in [1.29, 1.82) is 0 Å². The molecule has 4 heteroatoms. The minimum atomic E-state index is 0.616. The Hall–Kier alpha value is -2.85. The van der Waals surface area contributed by atoms with Gasteiger partial charge in [-0.2, -0.15) is 5.10 Å². The van der Waals surface area contributed by atoms with Crippen LogP contribution in [0.3, 0.4) is 0 Å². The average molecular weight is 330 g/mol. The Balaban J connectivity index is 1.94. The predicted octanol–water partition coefficient (Wildman–Crippen LogP) is 4.10. The van der Waals surface area contributed by atoms with Gasteiger partial charge in [0.2, 0.25) is 0 Å². The first-order valence-electron chi connectivity index (χ1n) is 8.47. The number of aromatic nitrogens is 2. The minimum Gasteiger partial charge on any atom is -0.301 e. The second-order valence-electron chi connectivity index (χ2n) is 5.91. The fourth-order valence-electron chi connectivity index (χ4n) is 2.49. The lowest BCUT2D eigenvalue weighted by Gasteiger charge is -2.12. The third-order valence-corrected chi connectivity index (χ3v) is 4.00. The second kappa shape index (κ2) is 8.31. The van der Waals surface area contributed by atoms with E-state index >= 15 is 0 Å². The van der Waals surface area contributed by atoms with E-state index in [0.717, 1.165) is 35.6 Å². The molecular weight excluding hydrogens is 308 g/mol. The summed E-state index contributed by atoms with van der Waals surface area (Å²) in [7, 11) is 2.07. The monoisotopic (exact) mass is 330 g/mol. The van der Waals surface area contributed by atoms with Gasteiger partial charge in [-0.25, -0.2) is 4.99 Å². The fraction of sp³-hybridized carbons (Fsp3) is 0.190.